The number of nitrogens with one attached hydrogen (secondary N) is 1. The van der Waals surface area contributed by atoms with Crippen molar-refractivity contribution in [2.75, 3.05) is 19.8 Å². The van der Waals surface area contributed by atoms with Crippen LogP contribution in [0, 0.1) is 0 Å². The number of alkyl carbamates (subject to hydrolysis) is 1. The highest BCUT2D eigenvalue weighted by Crippen LogP contribution is 2.35. The van der Waals surface area contributed by atoms with E-state index in [0.717, 1.165) is 21.2 Å². The Hall–Kier alpha value is -1.25. The summed E-state index contributed by atoms with van der Waals surface area (Å²) in [5.74, 6) is 0.769. The zero-order valence-electron chi connectivity index (χ0n) is 13.3. The van der Waals surface area contributed by atoms with E-state index in [1.165, 1.54) is 0 Å². The van der Waals surface area contributed by atoms with Gasteiger partial charge >= 0.3 is 13.2 Å². The van der Waals surface area contributed by atoms with E-state index in [1.807, 2.05) is 32.9 Å². The van der Waals surface area contributed by atoms with Crippen LogP contribution in [0.15, 0.2) is 16.6 Å². The fourth-order valence-corrected chi connectivity index (χ4v) is 3.24. The van der Waals surface area contributed by atoms with Gasteiger partial charge in [0.2, 0.25) is 0 Å². The average Bonchev–Trinajstić information content (AvgIpc) is 2.69. The molecule has 2 heterocycles. The lowest BCUT2D eigenvalue weighted by atomic mass is 9.78. The molecule has 0 spiro atoms. The maximum atomic E-state index is 11.8. The van der Waals surface area contributed by atoms with E-state index in [4.69, 9.17) is 18.8 Å². The fourth-order valence-electron chi connectivity index (χ4n) is 2.64. The highest BCUT2D eigenvalue weighted by molar-refractivity contribution is 9.10. The molecule has 1 amide bonds. The van der Waals surface area contributed by atoms with E-state index < -0.39 is 18.8 Å². The maximum absolute atomic E-state index is 11.8. The first-order valence-electron chi connectivity index (χ1n) is 7.54. The van der Waals surface area contributed by atoms with E-state index in [-0.39, 0.29) is 13.5 Å². The van der Waals surface area contributed by atoms with Crippen molar-refractivity contribution in [1.82, 2.24) is 5.32 Å². The molecule has 1 atom stereocenters. The molecule has 2 aliphatic heterocycles. The number of rotatable bonds is 2. The Kier molecular flexibility index (Phi) is 5.83. The lowest BCUT2D eigenvalue weighted by Crippen LogP contribution is -2.35. The van der Waals surface area contributed by atoms with E-state index in [9.17, 15) is 4.79 Å². The summed E-state index contributed by atoms with van der Waals surface area (Å²) >= 11 is 3.55. The van der Waals surface area contributed by atoms with Gasteiger partial charge in [-0.3, -0.25) is 0 Å². The molecule has 0 saturated heterocycles. The number of amides is 1. The van der Waals surface area contributed by atoms with Gasteiger partial charge in [-0.1, -0.05) is 23.4 Å². The molecule has 0 bridgehead atoms. The first-order valence-corrected chi connectivity index (χ1v) is 8.33. The second-order valence-electron chi connectivity index (χ2n) is 6.43. The van der Waals surface area contributed by atoms with Crippen molar-refractivity contribution >= 4 is 34.6 Å². The Morgan fingerprint density at radius 1 is 1.42 bits per heavy atom. The minimum atomic E-state index is -0.535. The molecule has 24 heavy (non-hydrogen) atoms. The number of carbonyl (C=O) groups is 1. The SMILES string of the molecule is C.CC(C)(C)OC(=O)NCC1OB2OCCOc3ccc(Br)c1c32. The monoisotopic (exact) mass is 399 g/mol. The number of ether oxygens (including phenoxy) is 2. The van der Waals surface area contributed by atoms with Crippen LogP contribution in [0.25, 0.3) is 0 Å². The van der Waals surface area contributed by atoms with Crippen LogP contribution in [-0.2, 0) is 14.0 Å². The van der Waals surface area contributed by atoms with Crippen LogP contribution in [0.5, 0.6) is 5.75 Å². The van der Waals surface area contributed by atoms with Crippen molar-refractivity contribution in [3.63, 3.8) is 0 Å². The van der Waals surface area contributed by atoms with Crippen molar-refractivity contribution < 1.29 is 23.6 Å². The Morgan fingerprint density at radius 2 is 2.17 bits per heavy atom. The molecule has 1 aromatic rings. The highest BCUT2D eigenvalue weighted by Gasteiger charge is 2.43. The smallest absolute Gasteiger partial charge is 0.492 e. The number of benzene rings is 1. The third kappa shape index (κ3) is 4.04. The number of hydrogen-bond donors (Lipinski definition) is 1. The Balaban J connectivity index is 0.00000208. The van der Waals surface area contributed by atoms with Gasteiger partial charge in [-0.05, 0) is 38.5 Å². The van der Waals surface area contributed by atoms with Gasteiger partial charge in [0.05, 0.1) is 12.7 Å². The summed E-state index contributed by atoms with van der Waals surface area (Å²) < 4.78 is 23.5. The Labute approximate surface area is 151 Å². The van der Waals surface area contributed by atoms with Crippen LogP contribution in [0.2, 0.25) is 0 Å². The average molecular weight is 400 g/mol. The predicted molar refractivity (Wildman–Crippen MR) is 95.8 cm³/mol. The van der Waals surface area contributed by atoms with Gasteiger partial charge < -0.3 is 24.1 Å². The van der Waals surface area contributed by atoms with Gasteiger partial charge in [-0.2, -0.15) is 0 Å². The highest BCUT2D eigenvalue weighted by atomic mass is 79.9. The standard InChI is InChI=1S/C15H19BBrNO5.CH4/c1-15(2,3)22-14(19)18-8-11-12-9(17)4-5-10-13(12)16(23-11)21-7-6-20-10;/h4-5,11H,6-8H2,1-3H3,(H,18,19);1H4. The van der Waals surface area contributed by atoms with E-state index in [1.54, 1.807) is 0 Å². The fraction of sp³-hybridized carbons (Fsp3) is 0.562. The van der Waals surface area contributed by atoms with Gasteiger partial charge in [-0.15, -0.1) is 0 Å². The topological polar surface area (TPSA) is 66.0 Å². The Morgan fingerprint density at radius 3 is 2.88 bits per heavy atom. The molecule has 0 aliphatic carbocycles. The van der Waals surface area contributed by atoms with Gasteiger partial charge in [0.15, 0.2) is 0 Å². The number of halogens is 1. The van der Waals surface area contributed by atoms with Gasteiger partial charge in [-0.25, -0.2) is 4.79 Å². The van der Waals surface area contributed by atoms with Crippen LogP contribution >= 0.6 is 15.9 Å². The number of carbonyl (C=O) groups excluding carboxylic acids is 1. The summed E-state index contributed by atoms with van der Waals surface area (Å²) in [4.78, 5) is 11.8. The molecule has 3 rings (SSSR count). The zero-order chi connectivity index (χ0) is 16.6. The molecule has 1 unspecified atom stereocenters. The van der Waals surface area contributed by atoms with Crippen LogP contribution in [0.1, 0.15) is 39.9 Å². The van der Waals surface area contributed by atoms with Gasteiger partial charge in [0.1, 0.15) is 18.0 Å². The minimum Gasteiger partial charge on any atom is -0.492 e. The van der Waals surface area contributed by atoms with E-state index >= 15 is 0 Å². The summed E-state index contributed by atoms with van der Waals surface area (Å²) in [6.45, 7) is 6.72. The quantitative estimate of drug-likeness (QED) is 0.774. The lowest BCUT2D eigenvalue weighted by molar-refractivity contribution is 0.0494. The molecule has 1 N–H and O–H groups in total. The van der Waals surface area contributed by atoms with E-state index in [2.05, 4.69) is 21.2 Å². The molecule has 2 aliphatic rings. The molecule has 0 saturated carbocycles. The summed E-state index contributed by atoms with van der Waals surface area (Å²) in [6, 6.07) is 3.82. The first kappa shape index (κ1) is 19.1. The zero-order valence-corrected chi connectivity index (χ0v) is 14.9. The normalized spacial score (nSPS) is 18.8. The lowest BCUT2D eigenvalue weighted by Gasteiger charge is -2.21. The summed E-state index contributed by atoms with van der Waals surface area (Å²) in [5, 5.41) is 2.75. The third-order valence-electron chi connectivity index (χ3n) is 3.48. The van der Waals surface area contributed by atoms with E-state index in [0.29, 0.717) is 19.8 Å². The van der Waals surface area contributed by atoms with Gasteiger partial charge in [0, 0.05) is 16.5 Å². The summed E-state index contributed by atoms with van der Waals surface area (Å²) in [6.07, 6.45) is -0.791. The van der Waals surface area contributed by atoms with Crippen LogP contribution in [0.3, 0.4) is 0 Å². The molecule has 0 aromatic heterocycles. The van der Waals surface area contributed by atoms with Crippen molar-refractivity contribution in [3.8, 4) is 5.75 Å². The van der Waals surface area contributed by atoms with Crippen LogP contribution in [0.4, 0.5) is 4.79 Å². The van der Waals surface area contributed by atoms with Gasteiger partial charge in [0.25, 0.3) is 0 Å². The second-order valence-corrected chi connectivity index (χ2v) is 7.29. The molecular weight excluding hydrogens is 377 g/mol. The molecule has 1 aromatic carbocycles. The molecular formula is C16H23BBrNO5. The molecule has 132 valence electrons. The van der Waals surface area contributed by atoms with Crippen molar-refractivity contribution in [2.24, 2.45) is 0 Å². The van der Waals surface area contributed by atoms with Crippen LogP contribution < -0.4 is 15.5 Å². The largest absolute Gasteiger partial charge is 0.498 e. The second kappa shape index (κ2) is 7.33. The van der Waals surface area contributed by atoms with Crippen molar-refractivity contribution in [3.05, 3.63) is 22.2 Å². The first-order chi connectivity index (χ1) is 10.8. The molecule has 8 heteroatoms. The number of hydrogen-bond acceptors (Lipinski definition) is 5. The molecule has 0 radical (unpaired) electrons. The van der Waals surface area contributed by atoms with Crippen molar-refractivity contribution in [2.45, 2.75) is 39.9 Å². The van der Waals surface area contributed by atoms with Crippen molar-refractivity contribution in [1.29, 1.82) is 0 Å². The van der Waals surface area contributed by atoms with Crippen LogP contribution in [-0.4, -0.2) is 38.6 Å². The minimum absolute atomic E-state index is 0. The molecule has 0 fully saturated rings. The summed E-state index contributed by atoms with van der Waals surface area (Å²) in [7, 11) is -0.467. The molecule has 6 nitrogen and oxygen atoms in total. The predicted octanol–water partition coefficient (Wildman–Crippen LogP) is 2.79. The third-order valence-corrected chi connectivity index (χ3v) is 4.17. The maximum Gasteiger partial charge on any atom is 0.498 e. The Bertz CT molecular complexity index is 619. The summed E-state index contributed by atoms with van der Waals surface area (Å²) in [5.41, 5.74) is 1.31.